The molecular formula is C23H28F2N4O2. The Bertz CT molecular complexity index is 1050. The number of aryl methyl sites for hydroxylation is 1. The van der Waals surface area contributed by atoms with Crippen molar-refractivity contribution in [3.63, 3.8) is 0 Å². The van der Waals surface area contributed by atoms with Crippen molar-refractivity contribution in [2.75, 3.05) is 20.1 Å². The van der Waals surface area contributed by atoms with Gasteiger partial charge in [-0.15, -0.1) is 0 Å². The molecule has 3 aromatic rings. The van der Waals surface area contributed by atoms with E-state index in [0.29, 0.717) is 22.8 Å². The number of halogens is 2. The molecule has 166 valence electrons. The van der Waals surface area contributed by atoms with Gasteiger partial charge in [-0.3, -0.25) is 9.20 Å². The first-order valence-corrected chi connectivity index (χ1v) is 9.97. The van der Waals surface area contributed by atoms with Crippen LogP contribution in [0.15, 0.2) is 36.5 Å². The Labute approximate surface area is 180 Å². The van der Waals surface area contributed by atoms with E-state index in [9.17, 15) is 13.6 Å². The highest BCUT2D eigenvalue weighted by Crippen LogP contribution is 2.24. The summed E-state index contributed by atoms with van der Waals surface area (Å²) in [5, 5.41) is 3.10. The first-order valence-electron chi connectivity index (χ1n) is 9.97. The number of likely N-dealkylation sites (tertiary alicyclic amines) is 1. The summed E-state index contributed by atoms with van der Waals surface area (Å²) in [5.74, 6) is -1.17. The molecule has 3 heterocycles. The number of nitrogens with one attached hydrogen (secondary N) is 1. The quantitative estimate of drug-likeness (QED) is 0.666. The SMILES string of the molecule is C.Cc1nc2c(OCc3c(F)cccc3F)cccn2c1C(=O)NC1CCN(C)CC1. The van der Waals surface area contributed by atoms with Gasteiger partial charge in [0, 0.05) is 12.2 Å². The Hall–Kier alpha value is -3.00. The molecule has 0 saturated carbocycles. The summed E-state index contributed by atoms with van der Waals surface area (Å²) >= 11 is 0. The molecule has 1 aliphatic heterocycles. The van der Waals surface area contributed by atoms with Gasteiger partial charge in [0.25, 0.3) is 5.91 Å². The number of ether oxygens (including phenoxy) is 1. The third-order valence-electron chi connectivity index (χ3n) is 5.49. The van der Waals surface area contributed by atoms with Crippen LogP contribution in [0.3, 0.4) is 0 Å². The van der Waals surface area contributed by atoms with Crippen LogP contribution >= 0.6 is 0 Å². The van der Waals surface area contributed by atoms with Crippen LogP contribution in [0.2, 0.25) is 0 Å². The highest BCUT2D eigenvalue weighted by molar-refractivity contribution is 5.95. The van der Waals surface area contributed by atoms with Gasteiger partial charge in [0.05, 0.1) is 11.3 Å². The second-order valence-corrected chi connectivity index (χ2v) is 7.65. The van der Waals surface area contributed by atoms with Crippen molar-refractivity contribution < 1.29 is 18.3 Å². The van der Waals surface area contributed by atoms with E-state index in [0.717, 1.165) is 25.9 Å². The molecule has 0 bridgehead atoms. The highest BCUT2D eigenvalue weighted by atomic mass is 19.1. The molecule has 1 amide bonds. The summed E-state index contributed by atoms with van der Waals surface area (Å²) in [6, 6.07) is 7.19. The number of carbonyl (C=O) groups excluding carboxylic acids is 1. The summed E-state index contributed by atoms with van der Waals surface area (Å²) in [6.45, 7) is 3.38. The molecule has 0 aliphatic carbocycles. The Morgan fingerprint density at radius 2 is 1.87 bits per heavy atom. The molecule has 0 unspecified atom stereocenters. The van der Waals surface area contributed by atoms with Crippen LogP contribution in [0.4, 0.5) is 8.78 Å². The fraction of sp³-hybridized carbons (Fsp3) is 0.391. The maximum absolute atomic E-state index is 13.9. The number of fused-ring (bicyclic) bond motifs is 1. The number of carbonyl (C=O) groups is 1. The van der Waals surface area contributed by atoms with E-state index in [1.807, 2.05) is 0 Å². The molecule has 31 heavy (non-hydrogen) atoms. The minimum absolute atomic E-state index is 0. The zero-order valence-corrected chi connectivity index (χ0v) is 17.0. The minimum atomic E-state index is -0.667. The number of rotatable bonds is 5. The Kier molecular flexibility index (Phi) is 6.90. The van der Waals surface area contributed by atoms with E-state index in [-0.39, 0.29) is 31.5 Å². The number of nitrogens with zero attached hydrogens (tertiary/aromatic N) is 3. The lowest BCUT2D eigenvalue weighted by molar-refractivity contribution is 0.0910. The van der Waals surface area contributed by atoms with E-state index >= 15 is 0 Å². The second kappa shape index (κ2) is 9.43. The maximum Gasteiger partial charge on any atom is 0.270 e. The van der Waals surface area contributed by atoms with E-state index in [1.54, 1.807) is 29.7 Å². The number of benzene rings is 1. The van der Waals surface area contributed by atoms with Gasteiger partial charge in [0.15, 0.2) is 11.4 Å². The number of amides is 1. The van der Waals surface area contributed by atoms with Crippen LogP contribution < -0.4 is 10.1 Å². The van der Waals surface area contributed by atoms with E-state index < -0.39 is 11.6 Å². The number of pyridine rings is 1. The molecule has 1 saturated heterocycles. The average Bonchev–Trinajstić information content (AvgIpc) is 3.06. The molecule has 0 radical (unpaired) electrons. The number of hydrogen-bond donors (Lipinski definition) is 1. The fourth-order valence-corrected chi connectivity index (χ4v) is 3.77. The molecule has 0 spiro atoms. The van der Waals surface area contributed by atoms with Gasteiger partial charge in [0.1, 0.15) is 23.9 Å². The number of hydrogen-bond acceptors (Lipinski definition) is 4. The minimum Gasteiger partial charge on any atom is -0.485 e. The second-order valence-electron chi connectivity index (χ2n) is 7.65. The predicted octanol–water partition coefficient (Wildman–Crippen LogP) is 3.96. The first-order chi connectivity index (χ1) is 14.4. The number of piperidine rings is 1. The van der Waals surface area contributed by atoms with Crippen LogP contribution in [-0.2, 0) is 6.61 Å². The summed E-state index contributed by atoms with van der Waals surface area (Å²) in [6.07, 6.45) is 3.54. The molecule has 4 rings (SSSR count). The van der Waals surface area contributed by atoms with Crippen LogP contribution in [0, 0.1) is 18.6 Å². The van der Waals surface area contributed by atoms with Crippen LogP contribution in [0.1, 0.15) is 42.0 Å². The molecule has 1 aliphatic rings. The van der Waals surface area contributed by atoms with Gasteiger partial charge in [-0.05, 0) is 64.2 Å². The number of imidazole rings is 1. The third-order valence-corrected chi connectivity index (χ3v) is 5.49. The fourth-order valence-electron chi connectivity index (χ4n) is 3.77. The topological polar surface area (TPSA) is 58.9 Å². The lowest BCUT2D eigenvalue weighted by Gasteiger charge is -2.29. The molecule has 1 N–H and O–H groups in total. The molecular weight excluding hydrogens is 402 g/mol. The van der Waals surface area contributed by atoms with Crippen molar-refractivity contribution in [2.24, 2.45) is 0 Å². The standard InChI is InChI=1S/C22H24F2N4O2.CH4/c1-14-20(22(29)26-15-8-11-27(2)12-9-15)28-10-4-7-19(21(28)25-14)30-13-16-17(23)5-3-6-18(16)24;/h3-7,10,15H,8-9,11-13H2,1-2H3,(H,26,29);1H4. The Morgan fingerprint density at radius 3 is 2.55 bits per heavy atom. The summed E-state index contributed by atoms with van der Waals surface area (Å²) in [4.78, 5) is 19.7. The zero-order valence-electron chi connectivity index (χ0n) is 17.0. The van der Waals surface area contributed by atoms with Crippen molar-refractivity contribution >= 4 is 11.6 Å². The van der Waals surface area contributed by atoms with Gasteiger partial charge in [-0.2, -0.15) is 0 Å². The number of aromatic nitrogens is 2. The summed E-state index contributed by atoms with van der Waals surface area (Å²) < 4.78 is 35.1. The van der Waals surface area contributed by atoms with Crippen molar-refractivity contribution in [3.8, 4) is 5.75 Å². The van der Waals surface area contributed by atoms with Crippen LogP contribution in [0.25, 0.3) is 5.65 Å². The molecule has 2 aromatic heterocycles. The van der Waals surface area contributed by atoms with Gasteiger partial charge in [-0.25, -0.2) is 13.8 Å². The van der Waals surface area contributed by atoms with Gasteiger partial charge in [-0.1, -0.05) is 13.5 Å². The molecule has 0 atom stereocenters. The average molecular weight is 430 g/mol. The maximum atomic E-state index is 13.9. The van der Waals surface area contributed by atoms with Gasteiger partial charge >= 0.3 is 0 Å². The molecule has 6 nitrogen and oxygen atoms in total. The van der Waals surface area contributed by atoms with Crippen LogP contribution in [-0.4, -0.2) is 46.4 Å². The third kappa shape index (κ3) is 4.69. The van der Waals surface area contributed by atoms with Gasteiger partial charge in [0.2, 0.25) is 0 Å². The van der Waals surface area contributed by atoms with Crippen molar-refractivity contribution in [1.29, 1.82) is 0 Å². The Morgan fingerprint density at radius 1 is 1.19 bits per heavy atom. The zero-order chi connectivity index (χ0) is 21.3. The highest BCUT2D eigenvalue weighted by Gasteiger charge is 2.23. The van der Waals surface area contributed by atoms with E-state index in [1.165, 1.54) is 18.2 Å². The van der Waals surface area contributed by atoms with Crippen LogP contribution in [0.5, 0.6) is 5.75 Å². The molecule has 1 aromatic carbocycles. The first kappa shape index (κ1) is 22.7. The van der Waals surface area contributed by atoms with Crippen molar-refractivity contribution in [3.05, 3.63) is 65.1 Å². The summed E-state index contributed by atoms with van der Waals surface area (Å²) in [5.41, 5.74) is 1.28. The van der Waals surface area contributed by atoms with Crippen molar-refractivity contribution in [2.45, 2.75) is 39.8 Å². The Balaban J connectivity index is 0.00000272. The molecule has 1 fully saturated rings. The van der Waals surface area contributed by atoms with Gasteiger partial charge < -0.3 is 15.0 Å². The van der Waals surface area contributed by atoms with E-state index in [2.05, 4.69) is 22.2 Å². The lowest BCUT2D eigenvalue weighted by Crippen LogP contribution is -2.43. The molecule has 8 heteroatoms. The largest absolute Gasteiger partial charge is 0.485 e. The lowest BCUT2D eigenvalue weighted by atomic mass is 10.1. The predicted molar refractivity (Wildman–Crippen MR) is 115 cm³/mol. The normalized spacial score (nSPS) is 15.0. The monoisotopic (exact) mass is 430 g/mol. The smallest absolute Gasteiger partial charge is 0.270 e. The summed E-state index contributed by atoms with van der Waals surface area (Å²) in [7, 11) is 2.07. The van der Waals surface area contributed by atoms with E-state index in [4.69, 9.17) is 4.74 Å². The van der Waals surface area contributed by atoms with Crippen molar-refractivity contribution in [1.82, 2.24) is 19.6 Å².